The molecule has 0 saturated heterocycles. The van der Waals surface area contributed by atoms with E-state index in [1.807, 2.05) is 6.92 Å². The zero-order chi connectivity index (χ0) is 21.3. The third kappa shape index (κ3) is 4.27. The van der Waals surface area contributed by atoms with Crippen LogP contribution in [0.2, 0.25) is 5.02 Å². The van der Waals surface area contributed by atoms with E-state index in [0.29, 0.717) is 11.3 Å². The normalized spacial score (nSPS) is 18.7. The molecule has 0 fully saturated rings. The first-order chi connectivity index (χ1) is 13.7. The molecule has 1 aliphatic rings. The van der Waals surface area contributed by atoms with E-state index in [0.717, 1.165) is 5.57 Å². The maximum absolute atomic E-state index is 14.0. The highest BCUT2D eigenvalue weighted by Gasteiger charge is 2.30. The van der Waals surface area contributed by atoms with Crippen molar-refractivity contribution in [1.29, 1.82) is 0 Å². The molecule has 2 atom stereocenters. The van der Waals surface area contributed by atoms with Crippen LogP contribution < -0.4 is 15.6 Å². The first-order valence-electron chi connectivity index (χ1n) is 9.00. The van der Waals surface area contributed by atoms with Crippen LogP contribution in [0, 0.1) is 19.7 Å². The Morgan fingerprint density at radius 2 is 2.14 bits per heavy atom. The monoisotopic (exact) mass is 421 g/mol. The molecule has 0 aromatic carbocycles. The molecule has 0 aliphatic carbocycles. The largest absolute Gasteiger partial charge is 0.485 e. The van der Waals surface area contributed by atoms with Gasteiger partial charge in [0.25, 0.3) is 5.56 Å². The highest BCUT2D eigenvalue weighted by Crippen LogP contribution is 2.30. The van der Waals surface area contributed by atoms with E-state index in [1.54, 1.807) is 26.1 Å². The molecular formula is C20H21ClFN3O4. The number of aliphatic carboxylic acids is 1. The summed E-state index contributed by atoms with van der Waals surface area (Å²) < 4.78 is 21.0. The van der Waals surface area contributed by atoms with Crippen LogP contribution in [-0.4, -0.2) is 26.7 Å². The molecule has 3 rings (SSSR count). The van der Waals surface area contributed by atoms with Crippen molar-refractivity contribution in [3.63, 3.8) is 0 Å². The molecule has 29 heavy (non-hydrogen) atoms. The Morgan fingerprint density at radius 3 is 2.79 bits per heavy atom. The zero-order valence-electron chi connectivity index (χ0n) is 16.2. The molecule has 2 N–H and O–H groups in total. The predicted molar refractivity (Wildman–Crippen MR) is 106 cm³/mol. The van der Waals surface area contributed by atoms with Gasteiger partial charge in [-0.3, -0.25) is 9.78 Å². The summed E-state index contributed by atoms with van der Waals surface area (Å²) >= 11 is 6.24. The van der Waals surface area contributed by atoms with E-state index in [9.17, 15) is 19.1 Å². The summed E-state index contributed by atoms with van der Waals surface area (Å²) in [7, 11) is 0. The van der Waals surface area contributed by atoms with Gasteiger partial charge in [-0.15, -0.1) is 0 Å². The quantitative estimate of drug-likeness (QED) is 0.770. The molecular weight excluding hydrogens is 401 g/mol. The van der Waals surface area contributed by atoms with Crippen molar-refractivity contribution in [2.75, 3.05) is 0 Å². The van der Waals surface area contributed by atoms with Crippen LogP contribution in [0.5, 0.6) is 5.75 Å². The SMILES string of the molecule is CC1=CN[C@@H](C(=O)O)C[C@H]1n1c(C)cc(OCc2ncc(C)cc2F)c(Cl)c1=O. The molecule has 2 aromatic heterocycles. The fourth-order valence-corrected chi connectivity index (χ4v) is 3.49. The minimum absolute atomic E-state index is 0.106. The number of pyridine rings is 2. The number of ether oxygens (including phenoxy) is 1. The van der Waals surface area contributed by atoms with Gasteiger partial charge in [0.1, 0.15) is 34.9 Å². The molecule has 0 radical (unpaired) electrons. The number of aryl methyl sites for hydroxylation is 2. The van der Waals surface area contributed by atoms with Crippen LogP contribution >= 0.6 is 11.6 Å². The average molecular weight is 422 g/mol. The molecule has 1 aliphatic heterocycles. The smallest absolute Gasteiger partial charge is 0.326 e. The van der Waals surface area contributed by atoms with E-state index in [-0.39, 0.29) is 29.5 Å². The van der Waals surface area contributed by atoms with Crippen LogP contribution in [0.1, 0.15) is 36.3 Å². The Hall–Kier alpha value is -2.87. The molecule has 2 aromatic rings. The standard InChI is InChI=1S/C20H21ClFN3O4/c1-10-4-13(22)15(23-7-10)9-29-17-5-12(3)25(19(26)18(17)21)16-6-14(20(27)28)24-8-11(16)2/h4-5,7-8,14,16,24H,6,9H2,1-3H3,(H,27,28)/t14-,16-/m1/s1. The highest BCUT2D eigenvalue weighted by molar-refractivity contribution is 6.31. The fourth-order valence-electron chi connectivity index (χ4n) is 3.29. The van der Waals surface area contributed by atoms with Gasteiger partial charge in [0.05, 0.1) is 6.04 Å². The lowest BCUT2D eigenvalue weighted by atomic mass is 9.96. The lowest BCUT2D eigenvalue weighted by Gasteiger charge is -2.30. The van der Waals surface area contributed by atoms with Gasteiger partial charge in [0, 0.05) is 24.4 Å². The summed E-state index contributed by atoms with van der Waals surface area (Å²) in [5, 5.41) is 11.9. The Balaban J connectivity index is 1.90. The number of carbonyl (C=O) groups is 1. The number of nitrogens with zero attached hydrogens (tertiary/aromatic N) is 2. The Labute approximate surface area is 171 Å². The van der Waals surface area contributed by atoms with Gasteiger partial charge in [-0.25, -0.2) is 9.18 Å². The molecule has 0 unspecified atom stereocenters. The number of halogens is 2. The number of carboxylic acid groups (broad SMARTS) is 1. The van der Waals surface area contributed by atoms with Crippen LogP contribution in [0.4, 0.5) is 4.39 Å². The van der Waals surface area contributed by atoms with Gasteiger partial charge in [0.15, 0.2) is 0 Å². The van der Waals surface area contributed by atoms with Gasteiger partial charge in [-0.05, 0) is 44.2 Å². The summed E-state index contributed by atoms with van der Waals surface area (Å²) in [5.41, 5.74) is 1.66. The van der Waals surface area contributed by atoms with Crippen molar-refractivity contribution in [2.45, 2.75) is 45.9 Å². The third-order valence-electron chi connectivity index (χ3n) is 4.87. The van der Waals surface area contributed by atoms with Gasteiger partial charge >= 0.3 is 5.97 Å². The Bertz CT molecular complexity index is 1050. The number of nitrogens with one attached hydrogen (secondary N) is 1. The lowest BCUT2D eigenvalue weighted by Crippen LogP contribution is -2.42. The van der Waals surface area contributed by atoms with E-state index < -0.39 is 29.4 Å². The Morgan fingerprint density at radius 1 is 1.41 bits per heavy atom. The first-order valence-corrected chi connectivity index (χ1v) is 9.37. The second-order valence-electron chi connectivity index (χ2n) is 7.07. The lowest BCUT2D eigenvalue weighted by molar-refractivity contribution is -0.139. The third-order valence-corrected chi connectivity index (χ3v) is 5.22. The number of carboxylic acids is 1. The van der Waals surface area contributed by atoms with Crippen molar-refractivity contribution >= 4 is 17.6 Å². The van der Waals surface area contributed by atoms with Crippen LogP contribution in [-0.2, 0) is 11.4 Å². The van der Waals surface area contributed by atoms with Crippen molar-refractivity contribution in [3.8, 4) is 5.75 Å². The van der Waals surface area contributed by atoms with E-state index in [4.69, 9.17) is 16.3 Å². The van der Waals surface area contributed by atoms with E-state index in [2.05, 4.69) is 10.3 Å². The molecule has 0 spiro atoms. The van der Waals surface area contributed by atoms with Crippen molar-refractivity contribution < 1.29 is 19.0 Å². The fraction of sp³-hybridized carbons (Fsp3) is 0.350. The maximum Gasteiger partial charge on any atom is 0.326 e. The van der Waals surface area contributed by atoms with Gasteiger partial charge < -0.3 is 19.7 Å². The predicted octanol–water partition coefficient (Wildman–Crippen LogP) is 3.12. The number of rotatable bonds is 5. The van der Waals surface area contributed by atoms with Crippen molar-refractivity contribution in [1.82, 2.24) is 14.9 Å². The summed E-state index contributed by atoms with van der Waals surface area (Å²) in [6, 6.07) is 1.68. The molecule has 0 amide bonds. The minimum atomic E-state index is -0.997. The highest BCUT2D eigenvalue weighted by atomic mass is 35.5. The summed E-state index contributed by atoms with van der Waals surface area (Å²) in [5.74, 6) is -1.37. The first kappa shape index (κ1) is 20.9. The molecule has 3 heterocycles. The van der Waals surface area contributed by atoms with Gasteiger partial charge in [0.2, 0.25) is 0 Å². The number of allylic oxidation sites excluding steroid dienone is 1. The molecule has 7 nitrogen and oxygen atoms in total. The van der Waals surface area contributed by atoms with Gasteiger partial charge in [-0.1, -0.05) is 11.6 Å². The molecule has 0 saturated carbocycles. The second kappa shape index (κ2) is 8.24. The summed E-state index contributed by atoms with van der Waals surface area (Å²) in [6.07, 6.45) is 3.33. The molecule has 154 valence electrons. The van der Waals surface area contributed by atoms with E-state index >= 15 is 0 Å². The Kier molecular flexibility index (Phi) is 5.93. The van der Waals surface area contributed by atoms with Crippen LogP contribution in [0.25, 0.3) is 0 Å². The number of hydrogen-bond donors (Lipinski definition) is 2. The minimum Gasteiger partial charge on any atom is -0.485 e. The summed E-state index contributed by atoms with van der Waals surface area (Å²) in [6.45, 7) is 5.07. The van der Waals surface area contributed by atoms with Crippen LogP contribution in [0.15, 0.2) is 34.9 Å². The molecule has 0 bridgehead atoms. The van der Waals surface area contributed by atoms with Crippen LogP contribution in [0.3, 0.4) is 0 Å². The number of aromatic nitrogens is 2. The van der Waals surface area contributed by atoms with Crippen molar-refractivity contribution in [3.05, 3.63) is 68.2 Å². The second-order valence-corrected chi connectivity index (χ2v) is 7.44. The summed E-state index contributed by atoms with van der Waals surface area (Å²) in [4.78, 5) is 28.3. The van der Waals surface area contributed by atoms with E-state index in [1.165, 1.54) is 16.8 Å². The maximum atomic E-state index is 14.0. The van der Waals surface area contributed by atoms with Crippen molar-refractivity contribution in [2.24, 2.45) is 0 Å². The topological polar surface area (TPSA) is 93.4 Å². The van der Waals surface area contributed by atoms with Gasteiger partial charge in [-0.2, -0.15) is 0 Å². The number of hydrogen-bond acceptors (Lipinski definition) is 5. The average Bonchev–Trinajstić information content (AvgIpc) is 2.66. The molecule has 9 heteroatoms. The zero-order valence-corrected chi connectivity index (χ0v) is 17.0.